The molecule has 0 unspecified atom stereocenters. The number of pyridine rings is 1. The van der Waals surface area contributed by atoms with Gasteiger partial charge in [0.05, 0.1) is 16.8 Å². The number of nitrogens with zero attached hydrogens (tertiary/aromatic N) is 4. The zero-order valence-electron chi connectivity index (χ0n) is 22.8. The number of hydrogen-bond donors (Lipinski definition) is 2. The highest BCUT2D eigenvalue weighted by Crippen LogP contribution is 2.36. The van der Waals surface area contributed by atoms with Crippen LogP contribution >= 0.6 is 0 Å². The van der Waals surface area contributed by atoms with E-state index in [4.69, 9.17) is 14.6 Å². The summed E-state index contributed by atoms with van der Waals surface area (Å²) in [7, 11) is 0. The number of amides is 2. The number of rotatable bonds is 7. The lowest BCUT2D eigenvalue weighted by molar-refractivity contribution is -0.137. The Morgan fingerprint density at radius 3 is 2.51 bits per heavy atom. The molecule has 13 heteroatoms. The first-order chi connectivity index (χ1) is 20.6. The maximum Gasteiger partial charge on any atom is 0.416 e. The number of alkyl halides is 3. The monoisotopic (exact) mass is 593 g/mol. The number of carbonyl (C=O) groups excluding carboxylic acids is 1. The van der Waals surface area contributed by atoms with Crippen LogP contribution in [-0.4, -0.2) is 56.2 Å². The highest BCUT2D eigenvalue weighted by Gasteiger charge is 2.32. The van der Waals surface area contributed by atoms with Crippen LogP contribution in [0.25, 0.3) is 11.3 Å². The SMILES string of the molecule is Cc1ccc(C(=O)Nc2cc(OC3CCN(C(=O)O)CC3)cc(C(F)(F)F)c2)cc1Oc1ncccc1-c1ccncn1. The summed E-state index contributed by atoms with van der Waals surface area (Å²) in [5.74, 6) is -0.181. The summed E-state index contributed by atoms with van der Waals surface area (Å²) in [5.41, 5.74) is 0.907. The summed E-state index contributed by atoms with van der Waals surface area (Å²) < 4.78 is 53.0. The number of aromatic nitrogens is 3. The van der Waals surface area contributed by atoms with Crippen LogP contribution in [0.15, 0.2) is 73.3 Å². The average Bonchev–Trinajstić information content (AvgIpc) is 2.98. The van der Waals surface area contributed by atoms with Crippen LogP contribution in [0.3, 0.4) is 0 Å². The molecule has 2 N–H and O–H groups in total. The summed E-state index contributed by atoms with van der Waals surface area (Å²) in [5, 5.41) is 11.6. The van der Waals surface area contributed by atoms with Gasteiger partial charge in [-0.2, -0.15) is 13.2 Å². The van der Waals surface area contributed by atoms with Gasteiger partial charge < -0.3 is 24.8 Å². The predicted octanol–water partition coefficient (Wildman–Crippen LogP) is 6.43. The van der Waals surface area contributed by atoms with Gasteiger partial charge >= 0.3 is 12.3 Å². The second-order valence-corrected chi connectivity index (χ2v) is 9.82. The zero-order valence-corrected chi connectivity index (χ0v) is 22.8. The third-order valence-electron chi connectivity index (χ3n) is 6.79. The minimum atomic E-state index is -4.69. The number of ether oxygens (including phenoxy) is 2. The van der Waals surface area contributed by atoms with Gasteiger partial charge in [0.15, 0.2) is 0 Å². The van der Waals surface area contributed by atoms with Crippen LogP contribution in [0, 0.1) is 6.92 Å². The van der Waals surface area contributed by atoms with Crippen molar-refractivity contribution in [2.24, 2.45) is 0 Å². The maximum atomic E-state index is 13.7. The van der Waals surface area contributed by atoms with Gasteiger partial charge in [0, 0.05) is 55.6 Å². The van der Waals surface area contributed by atoms with Gasteiger partial charge in [0.25, 0.3) is 5.91 Å². The van der Waals surface area contributed by atoms with Crippen LogP contribution in [-0.2, 0) is 6.18 Å². The number of nitrogens with one attached hydrogen (secondary N) is 1. The Kier molecular flexibility index (Phi) is 8.41. The van der Waals surface area contributed by atoms with Crippen molar-refractivity contribution < 1.29 is 37.3 Å². The number of anilines is 1. The molecule has 0 radical (unpaired) electrons. The summed E-state index contributed by atoms with van der Waals surface area (Å²) in [6.45, 7) is 2.20. The first-order valence-electron chi connectivity index (χ1n) is 13.2. The molecule has 0 spiro atoms. The van der Waals surface area contributed by atoms with Gasteiger partial charge in [-0.25, -0.2) is 19.7 Å². The van der Waals surface area contributed by atoms with E-state index in [1.807, 2.05) is 0 Å². The first kappa shape index (κ1) is 29.3. The fourth-order valence-corrected chi connectivity index (χ4v) is 4.54. The summed E-state index contributed by atoms with van der Waals surface area (Å²) in [4.78, 5) is 38.0. The van der Waals surface area contributed by atoms with Gasteiger partial charge in [-0.05, 0) is 55.0 Å². The first-order valence-corrected chi connectivity index (χ1v) is 13.2. The normalized spacial score (nSPS) is 13.8. The highest BCUT2D eigenvalue weighted by atomic mass is 19.4. The standard InChI is InChI=1S/C30H26F3N5O5/c1-18-4-5-19(13-26(18)43-28-24(3-2-9-35-28)25-6-10-34-17-36-25)27(39)37-21-14-20(30(31,32)33)15-23(16-21)42-22-7-11-38(12-8-22)29(40)41/h2-6,9-10,13-17,22H,7-8,11-12H2,1H3,(H,37,39)(H,40,41). The maximum absolute atomic E-state index is 13.7. The van der Waals surface area contributed by atoms with Crippen LogP contribution in [0.2, 0.25) is 0 Å². The number of hydrogen-bond acceptors (Lipinski definition) is 7. The fourth-order valence-electron chi connectivity index (χ4n) is 4.54. The van der Waals surface area contributed by atoms with E-state index in [0.717, 1.165) is 12.1 Å². The Hall–Kier alpha value is -5.20. The molecule has 0 bridgehead atoms. The minimum absolute atomic E-state index is 0.0840. The molecule has 1 aliphatic rings. The van der Waals surface area contributed by atoms with E-state index in [1.165, 1.54) is 29.4 Å². The Labute approximate surface area is 244 Å². The minimum Gasteiger partial charge on any atom is -0.490 e. The van der Waals surface area contributed by atoms with Crippen LogP contribution in [0.5, 0.6) is 17.4 Å². The lowest BCUT2D eigenvalue weighted by Gasteiger charge is -2.30. The summed E-state index contributed by atoms with van der Waals surface area (Å²) in [6, 6.07) is 12.9. The average molecular weight is 594 g/mol. The largest absolute Gasteiger partial charge is 0.490 e. The van der Waals surface area contributed by atoms with E-state index in [-0.39, 0.29) is 36.0 Å². The molecule has 1 fully saturated rings. The van der Waals surface area contributed by atoms with E-state index < -0.39 is 29.8 Å². The van der Waals surface area contributed by atoms with E-state index in [2.05, 4.69) is 20.3 Å². The molecular weight excluding hydrogens is 567 g/mol. The molecule has 2 aromatic heterocycles. The fraction of sp³-hybridized carbons (Fsp3) is 0.233. The van der Waals surface area contributed by atoms with Crippen molar-refractivity contribution in [3.63, 3.8) is 0 Å². The number of halogens is 3. The van der Waals surface area contributed by atoms with Gasteiger partial charge in [-0.3, -0.25) is 4.79 Å². The van der Waals surface area contributed by atoms with E-state index in [0.29, 0.717) is 35.4 Å². The van der Waals surface area contributed by atoms with Crippen LogP contribution in [0.4, 0.5) is 23.7 Å². The number of piperidine rings is 1. The van der Waals surface area contributed by atoms with Crippen LogP contribution in [0.1, 0.15) is 34.3 Å². The second kappa shape index (κ2) is 12.3. The Morgan fingerprint density at radius 2 is 1.81 bits per heavy atom. The summed E-state index contributed by atoms with van der Waals surface area (Å²) >= 11 is 0. The number of carbonyl (C=O) groups is 2. The number of likely N-dealkylation sites (tertiary alicyclic amines) is 1. The lowest BCUT2D eigenvalue weighted by atomic mass is 10.1. The van der Waals surface area contributed by atoms with Crippen molar-refractivity contribution in [1.82, 2.24) is 19.9 Å². The molecule has 0 aliphatic carbocycles. The number of aryl methyl sites for hydroxylation is 1. The molecule has 0 atom stereocenters. The molecule has 5 rings (SSSR count). The molecule has 2 amide bonds. The van der Waals surface area contributed by atoms with Crippen molar-refractivity contribution >= 4 is 17.7 Å². The molecule has 0 saturated carbocycles. The molecule has 222 valence electrons. The van der Waals surface area contributed by atoms with Crippen molar-refractivity contribution in [3.05, 3.63) is 90.0 Å². The Bertz CT molecular complexity index is 1630. The van der Waals surface area contributed by atoms with Gasteiger partial charge in [0.2, 0.25) is 5.88 Å². The van der Waals surface area contributed by atoms with Crippen molar-refractivity contribution in [3.8, 4) is 28.6 Å². The molecule has 43 heavy (non-hydrogen) atoms. The molecule has 2 aromatic carbocycles. The van der Waals surface area contributed by atoms with Gasteiger partial charge in [-0.15, -0.1) is 0 Å². The molecule has 4 aromatic rings. The van der Waals surface area contributed by atoms with Crippen molar-refractivity contribution in [1.29, 1.82) is 0 Å². The van der Waals surface area contributed by atoms with E-state index in [9.17, 15) is 22.8 Å². The molecule has 3 heterocycles. The smallest absolute Gasteiger partial charge is 0.416 e. The Balaban J connectivity index is 1.36. The second-order valence-electron chi connectivity index (χ2n) is 9.82. The lowest BCUT2D eigenvalue weighted by Crippen LogP contribution is -2.41. The van der Waals surface area contributed by atoms with Crippen LogP contribution < -0.4 is 14.8 Å². The third-order valence-corrected chi connectivity index (χ3v) is 6.79. The Morgan fingerprint density at radius 1 is 1.02 bits per heavy atom. The quantitative estimate of drug-likeness (QED) is 0.251. The topological polar surface area (TPSA) is 127 Å². The van der Waals surface area contributed by atoms with E-state index >= 15 is 0 Å². The van der Waals surface area contributed by atoms with Gasteiger partial charge in [0.1, 0.15) is 23.9 Å². The summed E-state index contributed by atoms with van der Waals surface area (Å²) in [6.07, 6.45) is -1.04. The molecule has 1 saturated heterocycles. The molecular formula is C30H26F3N5O5. The third kappa shape index (κ3) is 7.18. The van der Waals surface area contributed by atoms with E-state index in [1.54, 1.807) is 43.6 Å². The number of benzene rings is 2. The van der Waals surface area contributed by atoms with Gasteiger partial charge in [-0.1, -0.05) is 6.07 Å². The predicted molar refractivity (Wildman–Crippen MR) is 149 cm³/mol. The van der Waals surface area contributed by atoms with Crippen molar-refractivity contribution in [2.75, 3.05) is 18.4 Å². The highest BCUT2D eigenvalue weighted by molar-refractivity contribution is 6.04. The number of carboxylic acid groups (broad SMARTS) is 1. The molecule has 1 aliphatic heterocycles. The van der Waals surface area contributed by atoms with Crippen molar-refractivity contribution in [2.45, 2.75) is 32.0 Å². The zero-order chi connectivity index (χ0) is 30.6. The molecule has 10 nitrogen and oxygen atoms in total.